The van der Waals surface area contributed by atoms with Crippen LogP contribution in [0.15, 0.2) is 18.5 Å². The van der Waals surface area contributed by atoms with Crippen LogP contribution in [0, 0.1) is 6.92 Å². The van der Waals surface area contributed by atoms with Gasteiger partial charge >= 0.3 is 0 Å². The minimum atomic E-state index is -3.17. The maximum Gasteiger partial charge on any atom is 0.156 e. The van der Waals surface area contributed by atoms with Crippen LogP contribution < -0.4 is 0 Å². The quantitative estimate of drug-likeness (QED) is 0.867. The fourth-order valence-electron chi connectivity index (χ4n) is 2.32. The smallest absolute Gasteiger partial charge is 0.156 e. The molecule has 2 unspecified atom stereocenters. The lowest BCUT2D eigenvalue weighted by atomic mass is 10.0. The minimum absolute atomic E-state index is 0.189. The summed E-state index contributed by atoms with van der Waals surface area (Å²) in [4.78, 5) is 3.95. The van der Waals surface area contributed by atoms with Gasteiger partial charge in [-0.25, -0.2) is 8.42 Å². The number of nitrogens with zero attached hydrogens (tertiary/aromatic N) is 1. The highest BCUT2D eigenvalue weighted by molar-refractivity contribution is 7.92. The second-order valence-corrected chi connectivity index (χ2v) is 6.92. The van der Waals surface area contributed by atoms with Crippen molar-refractivity contribution in [1.82, 2.24) is 4.98 Å². The highest BCUT2D eigenvalue weighted by atomic mass is 32.2. The summed E-state index contributed by atoms with van der Waals surface area (Å²) in [6.07, 6.45) is 4.36. The van der Waals surface area contributed by atoms with Crippen LogP contribution >= 0.6 is 0 Å². The predicted molar refractivity (Wildman–Crippen MR) is 65.4 cm³/mol. The molecule has 17 heavy (non-hydrogen) atoms. The third-order valence-corrected chi connectivity index (χ3v) is 5.65. The third-order valence-electron chi connectivity index (χ3n) is 3.38. The maximum absolute atomic E-state index is 11.9. The largest absolute Gasteiger partial charge is 0.387 e. The first-order valence-electron chi connectivity index (χ1n) is 5.82. The standard InChI is InChI=1S/C12H17NO3S/c1-9-5-6-13-8-10(9)12(14)11-4-2-3-7-17(11,15)16/h5-6,8,11-12,14H,2-4,7H2,1H3. The van der Waals surface area contributed by atoms with Crippen LogP contribution in [0.25, 0.3) is 0 Å². The number of hydrogen-bond acceptors (Lipinski definition) is 4. The van der Waals surface area contributed by atoms with Crippen LogP contribution in [-0.2, 0) is 9.84 Å². The number of aryl methyl sites for hydroxylation is 1. The molecule has 1 N–H and O–H groups in total. The number of sulfone groups is 1. The fourth-order valence-corrected chi connectivity index (χ4v) is 4.29. The Labute approximate surface area is 102 Å². The molecule has 0 amide bonds. The Balaban J connectivity index is 2.31. The molecule has 4 nitrogen and oxygen atoms in total. The molecular formula is C12H17NO3S. The summed E-state index contributed by atoms with van der Waals surface area (Å²) in [5.74, 6) is 0.189. The van der Waals surface area contributed by atoms with Crippen LogP contribution in [-0.4, -0.2) is 29.5 Å². The number of aliphatic hydroxyl groups excluding tert-OH is 1. The van der Waals surface area contributed by atoms with E-state index in [1.165, 1.54) is 0 Å². The van der Waals surface area contributed by atoms with E-state index in [2.05, 4.69) is 4.98 Å². The SMILES string of the molecule is Cc1ccncc1C(O)C1CCCCS1(=O)=O. The minimum Gasteiger partial charge on any atom is -0.387 e. The normalized spacial score (nSPS) is 25.4. The first-order chi connectivity index (χ1) is 8.02. The van der Waals surface area contributed by atoms with Crippen LogP contribution in [0.3, 0.4) is 0 Å². The van der Waals surface area contributed by atoms with Crippen LogP contribution in [0.5, 0.6) is 0 Å². The molecule has 1 aromatic rings. The number of rotatable bonds is 2. The molecule has 1 aliphatic heterocycles. The molecule has 5 heteroatoms. The van der Waals surface area contributed by atoms with E-state index in [1.807, 2.05) is 6.92 Å². The summed E-state index contributed by atoms with van der Waals surface area (Å²) in [5, 5.41) is 9.58. The summed E-state index contributed by atoms with van der Waals surface area (Å²) in [6, 6.07) is 1.79. The molecule has 94 valence electrons. The van der Waals surface area contributed by atoms with Gasteiger partial charge in [-0.05, 0) is 31.4 Å². The fraction of sp³-hybridized carbons (Fsp3) is 0.583. The molecular weight excluding hydrogens is 238 g/mol. The van der Waals surface area contributed by atoms with Crippen molar-refractivity contribution in [2.24, 2.45) is 0 Å². The van der Waals surface area contributed by atoms with Gasteiger partial charge in [-0.3, -0.25) is 4.98 Å². The van der Waals surface area contributed by atoms with Crippen molar-refractivity contribution in [3.05, 3.63) is 29.6 Å². The highest BCUT2D eigenvalue weighted by Crippen LogP contribution is 2.31. The Morgan fingerprint density at radius 3 is 2.88 bits per heavy atom. The molecule has 0 saturated carbocycles. The Kier molecular flexibility index (Phi) is 3.49. The van der Waals surface area contributed by atoms with Crippen molar-refractivity contribution in [2.45, 2.75) is 37.5 Å². The lowest BCUT2D eigenvalue weighted by molar-refractivity contribution is 0.163. The molecule has 0 aliphatic carbocycles. The van der Waals surface area contributed by atoms with E-state index >= 15 is 0 Å². The zero-order valence-corrected chi connectivity index (χ0v) is 10.7. The van der Waals surface area contributed by atoms with Crippen LogP contribution in [0.4, 0.5) is 0 Å². The van der Waals surface area contributed by atoms with Gasteiger partial charge in [0.15, 0.2) is 9.84 Å². The molecule has 1 saturated heterocycles. The van der Waals surface area contributed by atoms with Crippen LogP contribution in [0.1, 0.15) is 36.5 Å². The second kappa shape index (κ2) is 4.74. The zero-order valence-electron chi connectivity index (χ0n) is 9.83. The van der Waals surface area contributed by atoms with E-state index < -0.39 is 21.2 Å². The molecule has 0 aromatic carbocycles. The van der Waals surface area contributed by atoms with Crippen molar-refractivity contribution in [3.63, 3.8) is 0 Å². The summed E-state index contributed by atoms with van der Waals surface area (Å²) in [7, 11) is -3.17. The van der Waals surface area contributed by atoms with Gasteiger partial charge in [0.2, 0.25) is 0 Å². The molecule has 2 rings (SSSR count). The lowest BCUT2D eigenvalue weighted by Crippen LogP contribution is -2.34. The first kappa shape index (κ1) is 12.5. The topological polar surface area (TPSA) is 67.3 Å². The summed E-state index contributed by atoms with van der Waals surface area (Å²) in [6.45, 7) is 1.86. The van der Waals surface area contributed by atoms with Gasteiger partial charge in [0, 0.05) is 18.0 Å². The summed E-state index contributed by atoms with van der Waals surface area (Å²) < 4.78 is 23.9. The van der Waals surface area contributed by atoms with Crippen LogP contribution in [0.2, 0.25) is 0 Å². The van der Waals surface area contributed by atoms with Gasteiger partial charge in [0.25, 0.3) is 0 Å². The molecule has 1 fully saturated rings. The second-order valence-electron chi connectivity index (χ2n) is 4.58. The van der Waals surface area contributed by atoms with E-state index in [1.54, 1.807) is 18.5 Å². The van der Waals surface area contributed by atoms with Crippen molar-refractivity contribution in [3.8, 4) is 0 Å². The zero-order chi connectivity index (χ0) is 12.5. The van der Waals surface area contributed by atoms with E-state index in [-0.39, 0.29) is 5.75 Å². The Morgan fingerprint density at radius 1 is 1.47 bits per heavy atom. The highest BCUT2D eigenvalue weighted by Gasteiger charge is 2.35. The number of hydrogen-bond donors (Lipinski definition) is 1. The molecule has 2 atom stereocenters. The molecule has 0 spiro atoms. The summed E-state index contributed by atoms with van der Waals surface area (Å²) in [5.41, 5.74) is 1.51. The molecule has 2 heterocycles. The number of aliphatic hydroxyl groups is 1. The van der Waals surface area contributed by atoms with E-state index in [9.17, 15) is 13.5 Å². The van der Waals surface area contributed by atoms with E-state index in [0.717, 1.165) is 12.0 Å². The average molecular weight is 255 g/mol. The number of pyridine rings is 1. The van der Waals surface area contributed by atoms with Crippen molar-refractivity contribution >= 4 is 9.84 Å². The van der Waals surface area contributed by atoms with E-state index in [0.29, 0.717) is 18.4 Å². The van der Waals surface area contributed by atoms with E-state index in [4.69, 9.17) is 0 Å². The summed E-state index contributed by atoms with van der Waals surface area (Å²) >= 11 is 0. The molecule has 0 radical (unpaired) electrons. The van der Waals surface area contributed by atoms with Gasteiger partial charge in [-0.2, -0.15) is 0 Å². The molecule has 1 aromatic heterocycles. The monoisotopic (exact) mass is 255 g/mol. The van der Waals surface area contributed by atoms with Crippen molar-refractivity contribution < 1.29 is 13.5 Å². The molecule has 0 bridgehead atoms. The Hall–Kier alpha value is -0.940. The van der Waals surface area contributed by atoms with Gasteiger partial charge < -0.3 is 5.11 Å². The average Bonchev–Trinajstić information content (AvgIpc) is 2.28. The van der Waals surface area contributed by atoms with Crippen molar-refractivity contribution in [2.75, 3.05) is 5.75 Å². The van der Waals surface area contributed by atoms with Gasteiger partial charge in [-0.15, -0.1) is 0 Å². The van der Waals surface area contributed by atoms with Gasteiger partial charge in [0.05, 0.1) is 17.1 Å². The molecule has 1 aliphatic rings. The Morgan fingerprint density at radius 2 is 2.24 bits per heavy atom. The first-order valence-corrected chi connectivity index (χ1v) is 7.54. The van der Waals surface area contributed by atoms with Gasteiger partial charge in [-0.1, -0.05) is 6.42 Å². The predicted octanol–water partition coefficient (Wildman–Crippen LogP) is 1.39. The lowest BCUT2D eigenvalue weighted by Gasteiger charge is -2.27. The number of aromatic nitrogens is 1. The third kappa shape index (κ3) is 2.50. The Bertz CT molecular complexity index is 498. The van der Waals surface area contributed by atoms with Crippen molar-refractivity contribution in [1.29, 1.82) is 0 Å². The maximum atomic E-state index is 11.9. The van der Waals surface area contributed by atoms with Gasteiger partial charge in [0.1, 0.15) is 0 Å².